The molecule has 0 bridgehead atoms. The third-order valence-electron chi connectivity index (χ3n) is 3.49. The van der Waals surface area contributed by atoms with Crippen LogP contribution >= 0.6 is 35.6 Å². The number of aliphatic imine (C=N–C) groups is 1. The maximum atomic E-state index is 6.15. The fraction of sp³-hybridized carbons (Fsp3) is 0.333. The Labute approximate surface area is 171 Å². The van der Waals surface area contributed by atoms with E-state index in [-0.39, 0.29) is 24.0 Å². The molecule has 1 heterocycles. The lowest BCUT2D eigenvalue weighted by atomic mass is 10.2. The molecule has 136 valence electrons. The summed E-state index contributed by atoms with van der Waals surface area (Å²) in [4.78, 5) is 8.46. The average molecular weight is 474 g/mol. The van der Waals surface area contributed by atoms with Crippen LogP contribution in [-0.4, -0.2) is 31.1 Å². The van der Waals surface area contributed by atoms with Crippen LogP contribution in [0.4, 0.5) is 5.82 Å². The number of anilines is 1. The van der Waals surface area contributed by atoms with Crippen molar-refractivity contribution in [1.29, 1.82) is 0 Å². The number of benzene rings is 1. The highest BCUT2D eigenvalue weighted by molar-refractivity contribution is 14.0. The lowest BCUT2D eigenvalue weighted by Crippen LogP contribution is -2.37. The largest absolute Gasteiger partial charge is 0.370 e. The van der Waals surface area contributed by atoms with E-state index in [1.165, 1.54) is 0 Å². The second-order valence-corrected chi connectivity index (χ2v) is 5.70. The molecule has 3 N–H and O–H groups in total. The molecule has 1 aromatic carbocycles. The first-order chi connectivity index (χ1) is 11.8. The van der Waals surface area contributed by atoms with Gasteiger partial charge in [0.15, 0.2) is 5.96 Å². The molecule has 1 aromatic heterocycles. The van der Waals surface area contributed by atoms with Crippen LogP contribution in [0.5, 0.6) is 0 Å². The first-order valence-corrected chi connectivity index (χ1v) is 8.50. The van der Waals surface area contributed by atoms with Gasteiger partial charge in [-0.05, 0) is 36.6 Å². The highest BCUT2D eigenvalue weighted by Crippen LogP contribution is 2.14. The summed E-state index contributed by atoms with van der Waals surface area (Å²) in [5.41, 5.74) is 1.06. The molecule has 0 aliphatic heterocycles. The summed E-state index contributed by atoms with van der Waals surface area (Å²) in [5.74, 6) is 1.70. The van der Waals surface area contributed by atoms with Gasteiger partial charge in [0.1, 0.15) is 5.82 Å². The quantitative estimate of drug-likeness (QED) is 0.235. The summed E-state index contributed by atoms with van der Waals surface area (Å²) in [7, 11) is 1.77. The highest BCUT2D eigenvalue weighted by Gasteiger charge is 2.01. The molecule has 0 radical (unpaired) electrons. The molecule has 0 atom stereocenters. The van der Waals surface area contributed by atoms with Crippen molar-refractivity contribution in [3.8, 4) is 0 Å². The number of guanidine groups is 1. The van der Waals surface area contributed by atoms with E-state index < -0.39 is 0 Å². The molecule has 0 aliphatic carbocycles. The fourth-order valence-corrected chi connectivity index (χ4v) is 2.38. The number of rotatable bonds is 8. The number of pyridine rings is 1. The first kappa shape index (κ1) is 21.5. The van der Waals surface area contributed by atoms with E-state index in [4.69, 9.17) is 11.6 Å². The lowest BCUT2D eigenvalue weighted by molar-refractivity contribution is 0.711. The number of hydrogen-bond donors (Lipinski definition) is 3. The summed E-state index contributed by atoms with van der Waals surface area (Å²) in [6.45, 7) is 2.43. The van der Waals surface area contributed by atoms with Crippen molar-refractivity contribution < 1.29 is 0 Å². The Morgan fingerprint density at radius 1 is 1.04 bits per heavy atom. The minimum atomic E-state index is 0. The van der Waals surface area contributed by atoms with Gasteiger partial charge in [0, 0.05) is 37.9 Å². The van der Waals surface area contributed by atoms with Gasteiger partial charge >= 0.3 is 0 Å². The van der Waals surface area contributed by atoms with E-state index in [1.807, 2.05) is 42.5 Å². The third kappa shape index (κ3) is 8.40. The average Bonchev–Trinajstić information content (AvgIpc) is 2.62. The van der Waals surface area contributed by atoms with Crippen molar-refractivity contribution in [3.05, 3.63) is 59.2 Å². The van der Waals surface area contributed by atoms with E-state index in [0.29, 0.717) is 6.54 Å². The Morgan fingerprint density at radius 3 is 2.52 bits per heavy atom. The van der Waals surface area contributed by atoms with Crippen molar-refractivity contribution in [2.75, 3.05) is 25.5 Å². The molecule has 25 heavy (non-hydrogen) atoms. The van der Waals surface area contributed by atoms with E-state index in [0.717, 1.165) is 48.3 Å². The van der Waals surface area contributed by atoms with E-state index in [9.17, 15) is 0 Å². The molecule has 0 spiro atoms. The Kier molecular flexibility index (Phi) is 11.0. The van der Waals surface area contributed by atoms with Gasteiger partial charge in [0.05, 0.1) is 0 Å². The number of aromatic nitrogens is 1. The van der Waals surface area contributed by atoms with Crippen LogP contribution in [0.3, 0.4) is 0 Å². The monoisotopic (exact) mass is 473 g/mol. The van der Waals surface area contributed by atoms with Gasteiger partial charge in [-0.2, -0.15) is 0 Å². The van der Waals surface area contributed by atoms with Crippen molar-refractivity contribution in [2.24, 2.45) is 4.99 Å². The topological polar surface area (TPSA) is 61.3 Å². The smallest absolute Gasteiger partial charge is 0.191 e. The zero-order valence-corrected chi connectivity index (χ0v) is 17.4. The van der Waals surface area contributed by atoms with Crippen molar-refractivity contribution in [1.82, 2.24) is 15.6 Å². The number of halogens is 2. The molecule has 2 aromatic rings. The molecule has 5 nitrogen and oxygen atoms in total. The number of unbranched alkanes of at least 4 members (excludes halogenated alkanes) is 1. The Hall–Kier alpha value is -1.54. The maximum absolute atomic E-state index is 6.15. The first-order valence-electron chi connectivity index (χ1n) is 8.12. The summed E-state index contributed by atoms with van der Waals surface area (Å²) >= 11 is 6.15. The predicted molar refractivity (Wildman–Crippen MR) is 117 cm³/mol. The van der Waals surface area contributed by atoms with Gasteiger partial charge in [-0.15, -0.1) is 24.0 Å². The van der Waals surface area contributed by atoms with E-state index >= 15 is 0 Å². The van der Waals surface area contributed by atoms with Crippen molar-refractivity contribution >= 4 is 47.4 Å². The van der Waals surface area contributed by atoms with Crippen LogP contribution < -0.4 is 16.0 Å². The van der Waals surface area contributed by atoms with Gasteiger partial charge in [-0.3, -0.25) is 4.99 Å². The zero-order valence-electron chi connectivity index (χ0n) is 14.3. The minimum absolute atomic E-state index is 0. The van der Waals surface area contributed by atoms with Crippen LogP contribution in [0.1, 0.15) is 18.4 Å². The van der Waals surface area contributed by atoms with Gasteiger partial charge < -0.3 is 16.0 Å². The van der Waals surface area contributed by atoms with Crippen LogP contribution in [0.15, 0.2) is 53.7 Å². The number of nitrogens with zero attached hydrogens (tertiary/aromatic N) is 2. The van der Waals surface area contributed by atoms with Crippen LogP contribution in [-0.2, 0) is 6.54 Å². The molecule has 0 amide bonds. The highest BCUT2D eigenvalue weighted by atomic mass is 127. The third-order valence-corrected chi connectivity index (χ3v) is 3.86. The van der Waals surface area contributed by atoms with Crippen LogP contribution in [0.2, 0.25) is 5.02 Å². The minimum Gasteiger partial charge on any atom is -0.370 e. The molecule has 2 rings (SSSR count). The summed E-state index contributed by atoms with van der Waals surface area (Å²) in [5, 5.41) is 10.6. The Bertz CT molecular complexity index is 636. The predicted octanol–water partition coefficient (Wildman–Crippen LogP) is 3.91. The Balaban J connectivity index is 0.00000312. The molecule has 0 aliphatic rings. The summed E-state index contributed by atoms with van der Waals surface area (Å²) < 4.78 is 0. The molecule has 0 fully saturated rings. The second-order valence-electron chi connectivity index (χ2n) is 5.29. The summed E-state index contributed by atoms with van der Waals surface area (Å²) in [6.07, 6.45) is 3.90. The number of hydrogen-bond acceptors (Lipinski definition) is 3. The normalized spacial score (nSPS) is 10.7. The number of nitrogens with one attached hydrogen (secondary N) is 3. The summed E-state index contributed by atoms with van der Waals surface area (Å²) in [6, 6.07) is 13.7. The van der Waals surface area contributed by atoms with Crippen molar-refractivity contribution in [3.63, 3.8) is 0 Å². The van der Waals surface area contributed by atoms with Crippen LogP contribution in [0.25, 0.3) is 0 Å². The van der Waals surface area contributed by atoms with Crippen LogP contribution in [0, 0.1) is 0 Å². The molecule has 7 heteroatoms. The standard InChI is InChI=1S/C18H24ClN5.HI/c1-20-18(24-14-15-8-2-3-9-16(15)19)23-13-7-6-12-22-17-10-4-5-11-21-17;/h2-5,8-11H,6-7,12-14H2,1H3,(H,21,22)(H2,20,23,24);1H. The molecular formula is C18H25ClIN5. The second kappa shape index (κ2) is 12.8. The van der Waals surface area contributed by atoms with E-state index in [1.54, 1.807) is 13.2 Å². The van der Waals surface area contributed by atoms with Gasteiger partial charge in [0.2, 0.25) is 0 Å². The maximum Gasteiger partial charge on any atom is 0.191 e. The van der Waals surface area contributed by atoms with Gasteiger partial charge in [-0.25, -0.2) is 4.98 Å². The molecular weight excluding hydrogens is 449 g/mol. The van der Waals surface area contributed by atoms with Crippen molar-refractivity contribution in [2.45, 2.75) is 19.4 Å². The lowest BCUT2D eigenvalue weighted by Gasteiger charge is -2.12. The SMILES string of the molecule is CN=C(NCCCCNc1ccccn1)NCc1ccccc1Cl.I. The van der Waals surface area contributed by atoms with Gasteiger partial charge in [0.25, 0.3) is 0 Å². The fourth-order valence-electron chi connectivity index (χ4n) is 2.18. The molecule has 0 saturated carbocycles. The zero-order chi connectivity index (χ0) is 17.0. The Morgan fingerprint density at radius 2 is 1.80 bits per heavy atom. The molecule has 0 unspecified atom stereocenters. The van der Waals surface area contributed by atoms with Gasteiger partial charge in [-0.1, -0.05) is 35.9 Å². The molecule has 0 saturated heterocycles. The van der Waals surface area contributed by atoms with E-state index in [2.05, 4.69) is 25.9 Å².